The van der Waals surface area contributed by atoms with Gasteiger partial charge in [-0.05, 0) is 30.9 Å². The van der Waals surface area contributed by atoms with Crippen molar-refractivity contribution in [2.45, 2.75) is 52.5 Å². The van der Waals surface area contributed by atoms with Crippen LogP contribution in [0.1, 0.15) is 51.5 Å². The molecule has 1 rings (SSSR count). The highest BCUT2D eigenvalue weighted by atomic mass is 14.8. The first-order valence-electron chi connectivity index (χ1n) is 6.82. The Balaban J connectivity index is 1.88. The van der Waals surface area contributed by atoms with Gasteiger partial charge in [0.2, 0.25) is 0 Å². The Hall–Kier alpha value is -0.820. The van der Waals surface area contributed by atoms with Gasteiger partial charge in [-0.15, -0.1) is 0 Å². The highest BCUT2D eigenvalue weighted by Gasteiger charge is 1.95. The Morgan fingerprint density at radius 2 is 1.65 bits per heavy atom. The molecule has 0 aliphatic heterocycles. The summed E-state index contributed by atoms with van der Waals surface area (Å²) >= 11 is 0. The van der Waals surface area contributed by atoms with Crippen LogP contribution in [0.5, 0.6) is 0 Å². The molecule has 1 nitrogen and oxygen atoms in total. The van der Waals surface area contributed by atoms with Crippen LogP contribution < -0.4 is 5.32 Å². The smallest absolute Gasteiger partial charge is 0.0205 e. The zero-order valence-electron chi connectivity index (χ0n) is 11.3. The minimum atomic E-state index is 1.00. The molecule has 0 aliphatic rings. The third kappa shape index (κ3) is 7.98. The molecule has 0 aliphatic carbocycles. The van der Waals surface area contributed by atoms with Crippen LogP contribution in [-0.4, -0.2) is 6.54 Å². The van der Waals surface area contributed by atoms with E-state index in [0.717, 1.165) is 13.1 Å². The minimum absolute atomic E-state index is 1.00. The Kier molecular flexibility index (Phi) is 7.74. The highest BCUT2D eigenvalue weighted by molar-refractivity contribution is 5.14. The average Bonchev–Trinajstić information content (AvgIpc) is 2.33. The van der Waals surface area contributed by atoms with E-state index in [2.05, 4.69) is 49.5 Å². The van der Waals surface area contributed by atoms with Crippen molar-refractivity contribution in [3.8, 4) is 0 Å². The molecule has 0 saturated carbocycles. The van der Waals surface area contributed by atoms with Crippen molar-refractivity contribution in [2.75, 3.05) is 6.54 Å². The van der Waals surface area contributed by atoms with Crippen molar-refractivity contribution in [1.29, 1.82) is 0 Å². The monoisotopic (exact) mass is 232 g/mol. The summed E-state index contributed by atoms with van der Waals surface area (Å²) in [6.45, 7) is 6.59. The fraction of sp³-hybridized carbons (Fsp3) is 0.562. The lowest BCUT2D eigenvalue weighted by molar-refractivity contribution is 0.578. The normalized spacial score (nSPS) is 11.0. The van der Waals surface area contributed by atoms with Gasteiger partial charge < -0.3 is 5.32 Å². The zero-order chi connectivity index (χ0) is 12.3. The average molecular weight is 232 g/mol. The molecule has 0 aromatic heterocycles. The van der Waals surface area contributed by atoms with E-state index >= 15 is 0 Å². The second-order valence-corrected chi connectivity index (χ2v) is 5.03. The molecule has 0 heterocycles. The standard InChI is InChI=1S/C16H26N/c1-15(2)10-6-3-4-9-13-17-14-16-11-7-5-8-12-16/h5,7-8,11-12,17H,3-4,6,9-10,13-14H2,1-2H3. The van der Waals surface area contributed by atoms with E-state index in [1.54, 1.807) is 5.92 Å². The minimum Gasteiger partial charge on any atom is -0.313 e. The molecule has 0 fully saturated rings. The molecule has 0 atom stereocenters. The maximum absolute atomic E-state index is 3.50. The van der Waals surface area contributed by atoms with Crippen molar-refractivity contribution in [3.05, 3.63) is 41.8 Å². The first-order valence-corrected chi connectivity index (χ1v) is 6.82. The maximum atomic E-state index is 3.50. The summed E-state index contributed by atoms with van der Waals surface area (Å²) in [6.07, 6.45) is 6.70. The molecular weight excluding hydrogens is 206 g/mol. The first kappa shape index (κ1) is 14.2. The van der Waals surface area contributed by atoms with Crippen LogP contribution in [0, 0.1) is 5.92 Å². The molecule has 1 radical (unpaired) electrons. The van der Waals surface area contributed by atoms with Crippen LogP contribution in [-0.2, 0) is 6.54 Å². The first-order chi connectivity index (χ1) is 8.29. The molecule has 1 aromatic rings. The Morgan fingerprint density at radius 1 is 0.941 bits per heavy atom. The van der Waals surface area contributed by atoms with E-state index in [1.807, 2.05) is 0 Å². The maximum Gasteiger partial charge on any atom is 0.0205 e. The van der Waals surface area contributed by atoms with Crippen molar-refractivity contribution < 1.29 is 0 Å². The van der Waals surface area contributed by atoms with Gasteiger partial charge >= 0.3 is 0 Å². The molecule has 0 amide bonds. The van der Waals surface area contributed by atoms with Crippen LogP contribution in [0.15, 0.2) is 30.3 Å². The molecule has 1 aromatic carbocycles. The molecule has 0 spiro atoms. The lowest BCUT2D eigenvalue weighted by atomic mass is 10.0. The van der Waals surface area contributed by atoms with Crippen molar-refractivity contribution in [1.82, 2.24) is 5.32 Å². The predicted octanol–water partition coefficient (Wildman–Crippen LogP) is 4.34. The lowest BCUT2D eigenvalue weighted by Gasteiger charge is -2.06. The fourth-order valence-electron chi connectivity index (χ4n) is 1.91. The van der Waals surface area contributed by atoms with Crippen LogP contribution in [0.25, 0.3) is 0 Å². The summed E-state index contributed by atoms with van der Waals surface area (Å²) in [6, 6.07) is 10.6. The van der Waals surface area contributed by atoms with Crippen molar-refractivity contribution in [2.24, 2.45) is 0 Å². The van der Waals surface area contributed by atoms with Gasteiger partial charge in [-0.25, -0.2) is 0 Å². The number of hydrogen-bond acceptors (Lipinski definition) is 1. The molecule has 17 heavy (non-hydrogen) atoms. The topological polar surface area (TPSA) is 12.0 Å². The summed E-state index contributed by atoms with van der Waals surface area (Å²) in [5.41, 5.74) is 1.38. The quantitative estimate of drug-likeness (QED) is 0.624. The van der Waals surface area contributed by atoms with Gasteiger partial charge in [-0.2, -0.15) is 0 Å². The Bertz CT molecular complexity index is 266. The van der Waals surface area contributed by atoms with E-state index in [9.17, 15) is 0 Å². The Labute approximate surface area is 107 Å². The summed E-state index contributed by atoms with van der Waals surface area (Å²) in [5, 5.41) is 3.50. The van der Waals surface area contributed by atoms with Crippen LogP contribution in [0.4, 0.5) is 0 Å². The van der Waals surface area contributed by atoms with Crippen molar-refractivity contribution in [3.63, 3.8) is 0 Å². The third-order valence-corrected chi connectivity index (χ3v) is 2.95. The highest BCUT2D eigenvalue weighted by Crippen LogP contribution is 2.10. The number of nitrogens with one attached hydrogen (secondary N) is 1. The van der Waals surface area contributed by atoms with Crippen LogP contribution in [0.3, 0.4) is 0 Å². The van der Waals surface area contributed by atoms with E-state index in [-0.39, 0.29) is 0 Å². The van der Waals surface area contributed by atoms with Gasteiger partial charge in [0.25, 0.3) is 0 Å². The lowest BCUT2D eigenvalue weighted by Crippen LogP contribution is -2.14. The molecule has 0 saturated heterocycles. The summed E-state index contributed by atoms with van der Waals surface area (Å²) in [5.74, 6) is 1.56. The van der Waals surface area contributed by atoms with E-state index < -0.39 is 0 Å². The summed E-state index contributed by atoms with van der Waals surface area (Å²) in [7, 11) is 0. The van der Waals surface area contributed by atoms with E-state index in [1.165, 1.54) is 37.7 Å². The Morgan fingerprint density at radius 3 is 2.35 bits per heavy atom. The van der Waals surface area contributed by atoms with E-state index in [4.69, 9.17) is 0 Å². The second-order valence-electron chi connectivity index (χ2n) is 5.03. The number of rotatable bonds is 9. The SMILES string of the molecule is C[C](C)CCCCCCNCc1ccccc1. The van der Waals surface area contributed by atoms with Gasteiger partial charge in [0, 0.05) is 6.54 Å². The van der Waals surface area contributed by atoms with Crippen LogP contribution in [0.2, 0.25) is 0 Å². The van der Waals surface area contributed by atoms with E-state index in [0.29, 0.717) is 0 Å². The molecular formula is C16H26N. The van der Waals surface area contributed by atoms with Gasteiger partial charge in [-0.3, -0.25) is 0 Å². The number of unbranched alkanes of at least 4 members (excludes halogenated alkanes) is 3. The summed E-state index contributed by atoms with van der Waals surface area (Å²) in [4.78, 5) is 0. The van der Waals surface area contributed by atoms with Crippen molar-refractivity contribution >= 4 is 0 Å². The zero-order valence-corrected chi connectivity index (χ0v) is 11.3. The molecule has 1 N–H and O–H groups in total. The molecule has 95 valence electrons. The third-order valence-electron chi connectivity index (χ3n) is 2.95. The summed E-state index contributed by atoms with van der Waals surface area (Å²) < 4.78 is 0. The largest absolute Gasteiger partial charge is 0.313 e. The molecule has 0 unspecified atom stereocenters. The van der Waals surface area contributed by atoms with Gasteiger partial charge in [0.05, 0.1) is 0 Å². The second kappa shape index (κ2) is 9.23. The molecule has 1 heteroatoms. The van der Waals surface area contributed by atoms with Gasteiger partial charge in [-0.1, -0.05) is 63.4 Å². The van der Waals surface area contributed by atoms with Gasteiger partial charge in [0.1, 0.15) is 0 Å². The van der Waals surface area contributed by atoms with Gasteiger partial charge in [0.15, 0.2) is 0 Å². The molecule has 0 bridgehead atoms. The predicted molar refractivity (Wildman–Crippen MR) is 75.8 cm³/mol. The number of hydrogen-bond donors (Lipinski definition) is 1. The number of benzene rings is 1. The van der Waals surface area contributed by atoms with Crippen LogP contribution >= 0.6 is 0 Å². The fourth-order valence-corrected chi connectivity index (χ4v) is 1.91.